The maximum Gasteiger partial charge on any atom is 0.236 e. The van der Waals surface area contributed by atoms with E-state index in [0.717, 1.165) is 51.1 Å². The first-order valence-corrected chi connectivity index (χ1v) is 10.2. The highest BCUT2D eigenvalue weighted by Gasteiger charge is 2.44. The lowest BCUT2D eigenvalue weighted by Gasteiger charge is -2.40. The fourth-order valence-corrected chi connectivity index (χ4v) is 4.52. The molecular weight excluding hydrogens is 361 g/mol. The predicted octanol–water partition coefficient (Wildman–Crippen LogP) is 1.74. The van der Waals surface area contributed by atoms with Gasteiger partial charge in [-0.05, 0) is 43.5 Å². The maximum atomic E-state index is 13.2. The van der Waals surface area contributed by atoms with Gasteiger partial charge < -0.3 is 19.3 Å². The van der Waals surface area contributed by atoms with Crippen LogP contribution in [0.25, 0.3) is 0 Å². The summed E-state index contributed by atoms with van der Waals surface area (Å²) in [6.07, 6.45) is 2.72. The number of nitrogens with zero attached hydrogens (tertiary/aromatic N) is 3. The number of carbonyl (C=O) groups is 1. The number of carbonyl (C=O) groups excluding carboxylic acids is 1. The molecule has 0 aromatic heterocycles. The fraction of sp³-hybridized carbons (Fsp3) is 0.667. The third-order valence-electron chi connectivity index (χ3n) is 6.46. The molecule has 28 heavy (non-hydrogen) atoms. The number of amides is 1. The van der Waals surface area contributed by atoms with Crippen molar-refractivity contribution in [3.8, 4) is 0 Å². The van der Waals surface area contributed by atoms with Crippen LogP contribution >= 0.6 is 0 Å². The van der Waals surface area contributed by atoms with E-state index in [-0.39, 0.29) is 23.4 Å². The Morgan fingerprint density at radius 3 is 2.54 bits per heavy atom. The van der Waals surface area contributed by atoms with Gasteiger partial charge in [-0.15, -0.1) is 0 Å². The Labute approximate surface area is 166 Å². The van der Waals surface area contributed by atoms with Gasteiger partial charge in [0.25, 0.3) is 0 Å². The lowest BCUT2D eigenvalue weighted by molar-refractivity contribution is -0.138. The van der Waals surface area contributed by atoms with Crippen LogP contribution in [0.15, 0.2) is 24.3 Å². The number of piperidine rings is 1. The summed E-state index contributed by atoms with van der Waals surface area (Å²) in [6.45, 7) is 5.80. The molecule has 7 heteroatoms. The van der Waals surface area contributed by atoms with Crippen molar-refractivity contribution in [1.82, 2.24) is 9.80 Å². The molecule has 1 aromatic rings. The van der Waals surface area contributed by atoms with Crippen molar-refractivity contribution >= 4 is 11.6 Å². The van der Waals surface area contributed by atoms with E-state index in [0.29, 0.717) is 26.4 Å². The number of hydrogen-bond donors (Lipinski definition) is 0. The third kappa shape index (κ3) is 4.31. The van der Waals surface area contributed by atoms with Crippen LogP contribution in [-0.4, -0.2) is 86.9 Å². The average molecular weight is 391 g/mol. The van der Waals surface area contributed by atoms with E-state index in [2.05, 4.69) is 9.80 Å². The molecule has 3 heterocycles. The predicted molar refractivity (Wildman–Crippen MR) is 105 cm³/mol. The van der Waals surface area contributed by atoms with Crippen molar-refractivity contribution in [3.05, 3.63) is 30.1 Å². The lowest BCUT2D eigenvalue weighted by Crippen LogP contribution is -2.50. The summed E-state index contributed by atoms with van der Waals surface area (Å²) in [5, 5.41) is 0. The summed E-state index contributed by atoms with van der Waals surface area (Å²) < 4.78 is 24.8. The second-order valence-corrected chi connectivity index (χ2v) is 8.21. The van der Waals surface area contributed by atoms with Gasteiger partial charge in [-0.1, -0.05) is 0 Å². The van der Waals surface area contributed by atoms with Crippen molar-refractivity contribution in [2.45, 2.75) is 30.9 Å². The molecule has 1 aromatic carbocycles. The van der Waals surface area contributed by atoms with Gasteiger partial charge in [0.1, 0.15) is 5.82 Å². The number of anilines is 1. The molecule has 1 amide bonds. The SMILES string of the molecule is CN(c1ccc(F)cc1)[C@H]1COC2(CCN(C(=O)CN3CCOCC3)CC2)C1. The fourth-order valence-electron chi connectivity index (χ4n) is 4.52. The molecule has 3 aliphatic rings. The van der Waals surface area contributed by atoms with E-state index < -0.39 is 0 Å². The molecule has 0 N–H and O–H groups in total. The van der Waals surface area contributed by atoms with Crippen molar-refractivity contribution in [2.24, 2.45) is 0 Å². The molecular formula is C21H30FN3O3. The van der Waals surface area contributed by atoms with Crippen molar-refractivity contribution in [2.75, 3.05) is 64.5 Å². The molecule has 3 aliphatic heterocycles. The molecule has 3 fully saturated rings. The summed E-state index contributed by atoms with van der Waals surface area (Å²) in [7, 11) is 2.04. The molecule has 0 saturated carbocycles. The molecule has 0 bridgehead atoms. The van der Waals surface area contributed by atoms with Gasteiger partial charge >= 0.3 is 0 Å². The van der Waals surface area contributed by atoms with E-state index in [1.807, 2.05) is 24.1 Å². The highest BCUT2D eigenvalue weighted by molar-refractivity contribution is 5.78. The molecule has 0 aliphatic carbocycles. The smallest absolute Gasteiger partial charge is 0.236 e. The van der Waals surface area contributed by atoms with E-state index >= 15 is 0 Å². The quantitative estimate of drug-likeness (QED) is 0.783. The minimum atomic E-state index is -0.217. The van der Waals surface area contributed by atoms with Crippen LogP contribution in [0.3, 0.4) is 0 Å². The monoisotopic (exact) mass is 391 g/mol. The normalized spacial score (nSPS) is 25.2. The number of likely N-dealkylation sites (tertiary alicyclic amines) is 1. The summed E-state index contributed by atoms with van der Waals surface area (Å²) in [6, 6.07) is 6.90. The Kier molecular flexibility index (Phi) is 5.85. The average Bonchev–Trinajstić information content (AvgIpc) is 3.13. The second-order valence-electron chi connectivity index (χ2n) is 8.21. The van der Waals surface area contributed by atoms with Gasteiger partial charge in [0.15, 0.2) is 0 Å². The summed E-state index contributed by atoms with van der Waals surface area (Å²) >= 11 is 0. The first kappa shape index (κ1) is 19.6. The van der Waals surface area contributed by atoms with Crippen LogP contribution in [0.1, 0.15) is 19.3 Å². The lowest BCUT2D eigenvalue weighted by atomic mass is 9.87. The Balaban J connectivity index is 1.28. The summed E-state index contributed by atoms with van der Waals surface area (Å²) in [5.41, 5.74) is 0.875. The van der Waals surface area contributed by atoms with Gasteiger partial charge in [0.2, 0.25) is 5.91 Å². The molecule has 154 valence electrons. The second kappa shape index (κ2) is 8.35. The number of hydrogen-bond acceptors (Lipinski definition) is 5. The van der Waals surface area contributed by atoms with E-state index in [4.69, 9.17) is 9.47 Å². The molecule has 3 saturated heterocycles. The third-order valence-corrected chi connectivity index (χ3v) is 6.46. The summed E-state index contributed by atoms with van der Waals surface area (Å²) in [5.74, 6) is 0.000127. The minimum Gasteiger partial charge on any atom is -0.379 e. The maximum absolute atomic E-state index is 13.2. The number of morpholine rings is 1. The van der Waals surface area contributed by atoms with Gasteiger partial charge in [-0.3, -0.25) is 9.69 Å². The number of rotatable bonds is 4. The highest BCUT2D eigenvalue weighted by atomic mass is 19.1. The van der Waals surface area contributed by atoms with Crippen molar-refractivity contribution in [1.29, 1.82) is 0 Å². The number of benzene rings is 1. The zero-order chi connectivity index (χ0) is 19.6. The Hall–Kier alpha value is -1.70. The molecule has 6 nitrogen and oxygen atoms in total. The number of halogens is 1. The van der Waals surface area contributed by atoms with Gasteiger partial charge in [-0.25, -0.2) is 4.39 Å². The molecule has 1 spiro atoms. The van der Waals surface area contributed by atoms with Crippen molar-refractivity contribution < 1.29 is 18.7 Å². The van der Waals surface area contributed by atoms with Gasteiger partial charge in [0, 0.05) is 38.9 Å². The highest BCUT2D eigenvalue weighted by Crippen LogP contribution is 2.38. The zero-order valence-corrected chi connectivity index (χ0v) is 16.6. The summed E-state index contributed by atoms with van der Waals surface area (Å²) in [4.78, 5) is 19.0. The van der Waals surface area contributed by atoms with Crippen LogP contribution in [0.5, 0.6) is 0 Å². The topological polar surface area (TPSA) is 45.2 Å². The van der Waals surface area contributed by atoms with E-state index in [9.17, 15) is 9.18 Å². The van der Waals surface area contributed by atoms with Gasteiger partial charge in [-0.2, -0.15) is 0 Å². The molecule has 0 unspecified atom stereocenters. The minimum absolute atomic E-state index is 0.130. The standard InChI is InChI=1S/C21H30FN3O3/c1-23(18-4-2-17(22)3-5-18)19-14-21(28-16-19)6-8-25(9-7-21)20(26)15-24-10-12-27-13-11-24/h2-5,19H,6-16H2,1H3/t19-/m1/s1. The first-order valence-electron chi connectivity index (χ1n) is 10.2. The van der Waals surface area contributed by atoms with Gasteiger partial charge in [0.05, 0.1) is 38.0 Å². The van der Waals surface area contributed by atoms with Crippen LogP contribution in [0.4, 0.5) is 10.1 Å². The van der Waals surface area contributed by atoms with Crippen LogP contribution in [0.2, 0.25) is 0 Å². The Morgan fingerprint density at radius 1 is 1.18 bits per heavy atom. The van der Waals surface area contributed by atoms with E-state index in [1.54, 1.807) is 0 Å². The Morgan fingerprint density at radius 2 is 1.86 bits per heavy atom. The van der Waals surface area contributed by atoms with Crippen molar-refractivity contribution in [3.63, 3.8) is 0 Å². The Bertz CT molecular complexity index is 670. The number of likely N-dealkylation sites (N-methyl/N-ethyl adjacent to an activating group) is 1. The van der Waals surface area contributed by atoms with Crippen LogP contribution < -0.4 is 4.90 Å². The van der Waals surface area contributed by atoms with Crippen LogP contribution in [0, 0.1) is 5.82 Å². The largest absolute Gasteiger partial charge is 0.379 e. The van der Waals surface area contributed by atoms with E-state index in [1.165, 1.54) is 12.1 Å². The zero-order valence-electron chi connectivity index (χ0n) is 16.6. The van der Waals surface area contributed by atoms with Crippen LogP contribution in [-0.2, 0) is 14.3 Å². The number of ether oxygens (including phenoxy) is 2. The molecule has 4 rings (SSSR count). The molecule has 0 radical (unpaired) electrons. The first-order chi connectivity index (χ1) is 13.5. The molecule has 1 atom stereocenters.